The molecule has 0 fully saturated rings. The summed E-state index contributed by atoms with van der Waals surface area (Å²) in [6, 6.07) is 9.62. The van der Waals surface area contributed by atoms with Crippen molar-refractivity contribution in [2.24, 2.45) is 5.92 Å². The summed E-state index contributed by atoms with van der Waals surface area (Å²) in [4.78, 5) is 0. The molecule has 0 heterocycles. The van der Waals surface area contributed by atoms with Crippen LogP contribution in [0.15, 0.2) is 24.3 Å². The van der Waals surface area contributed by atoms with E-state index in [-0.39, 0.29) is 5.41 Å². The minimum absolute atomic E-state index is 0.239. The summed E-state index contributed by atoms with van der Waals surface area (Å²) in [5, 5.41) is 3.61. The fourth-order valence-corrected chi connectivity index (χ4v) is 2.29. The molecule has 0 aliphatic carbocycles. The first-order valence-electron chi connectivity index (χ1n) is 7.24. The van der Waals surface area contributed by atoms with E-state index in [1.807, 2.05) is 0 Å². The molecule has 1 nitrogen and oxygen atoms in total. The van der Waals surface area contributed by atoms with Crippen molar-refractivity contribution in [3.05, 3.63) is 35.4 Å². The third kappa shape index (κ3) is 3.84. The predicted molar refractivity (Wildman–Crippen MR) is 81.0 cm³/mol. The first kappa shape index (κ1) is 15.2. The molecule has 0 radical (unpaired) electrons. The summed E-state index contributed by atoms with van der Waals surface area (Å²) in [5.41, 5.74) is 3.06. The lowest BCUT2D eigenvalue weighted by Crippen LogP contribution is -2.26. The zero-order chi connectivity index (χ0) is 13.8. The van der Waals surface area contributed by atoms with Crippen LogP contribution in [0.25, 0.3) is 0 Å². The summed E-state index contributed by atoms with van der Waals surface area (Å²) in [5.74, 6) is 0.672. The fraction of sp³-hybridized carbons (Fsp3) is 0.647. The molecule has 1 aromatic carbocycles. The lowest BCUT2D eigenvalue weighted by molar-refractivity contribution is 0.383. The van der Waals surface area contributed by atoms with Crippen molar-refractivity contribution in [1.29, 1.82) is 0 Å². The summed E-state index contributed by atoms with van der Waals surface area (Å²) in [6.45, 7) is 14.6. The second-order valence-electron chi connectivity index (χ2n) is 6.29. The van der Waals surface area contributed by atoms with E-state index in [4.69, 9.17) is 0 Å². The molecule has 0 aliphatic rings. The zero-order valence-corrected chi connectivity index (χ0v) is 12.9. The molecular weight excluding hydrogens is 218 g/mol. The normalized spacial score (nSPS) is 15.4. The van der Waals surface area contributed by atoms with E-state index >= 15 is 0 Å². The van der Waals surface area contributed by atoms with E-state index in [2.05, 4.69) is 71.1 Å². The van der Waals surface area contributed by atoms with E-state index < -0.39 is 0 Å². The summed E-state index contributed by atoms with van der Waals surface area (Å²) < 4.78 is 0. The smallest absolute Gasteiger partial charge is 0.0345 e. The highest BCUT2D eigenvalue weighted by molar-refractivity contribution is 5.29. The Labute approximate surface area is 113 Å². The van der Waals surface area contributed by atoms with Crippen LogP contribution >= 0.6 is 0 Å². The molecule has 0 aliphatic heterocycles. The first-order valence-corrected chi connectivity index (χ1v) is 7.24. The standard InChI is InChI=1S/C17H29N/c1-7-13(3)16(18-8-2)14-9-11-15(12-10-14)17(4,5)6/h9-13,16,18H,7-8H2,1-6H3. The van der Waals surface area contributed by atoms with Crippen LogP contribution in [0.5, 0.6) is 0 Å². The molecule has 1 rings (SSSR count). The third-order valence-electron chi connectivity index (χ3n) is 3.77. The Morgan fingerprint density at radius 3 is 2.00 bits per heavy atom. The molecule has 2 unspecified atom stereocenters. The fourth-order valence-electron chi connectivity index (χ4n) is 2.29. The Hall–Kier alpha value is -0.820. The average molecular weight is 247 g/mol. The molecule has 0 saturated carbocycles. The first-order chi connectivity index (χ1) is 8.40. The highest BCUT2D eigenvalue weighted by atomic mass is 14.9. The van der Waals surface area contributed by atoms with Gasteiger partial charge in [-0.2, -0.15) is 0 Å². The predicted octanol–water partition coefficient (Wildman–Crippen LogP) is 4.68. The molecule has 0 amide bonds. The average Bonchev–Trinajstić information content (AvgIpc) is 2.34. The van der Waals surface area contributed by atoms with Gasteiger partial charge in [0.05, 0.1) is 0 Å². The number of rotatable bonds is 5. The molecule has 1 aromatic rings. The number of hydrogen-bond donors (Lipinski definition) is 1. The van der Waals surface area contributed by atoms with Gasteiger partial charge >= 0.3 is 0 Å². The van der Waals surface area contributed by atoms with Crippen LogP contribution in [0.4, 0.5) is 0 Å². The van der Waals surface area contributed by atoms with Crippen molar-refractivity contribution in [2.45, 2.75) is 59.4 Å². The zero-order valence-electron chi connectivity index (χ0n) is 12.9. The largest absolute Gasteiger partial charge is 0.310 e. The molecule has 0 aromatic heterocycles. The summed E-state index contributed by atoms with van der Waals surface area (Å²) >= 11 is 0. The van der Waals surface area contributed by atoms with Gasteiger partial charge in [-0.15, -0.1) is 0 Å². The van der Waals surface area contributed by atoms with Crippen LogP contribution in [0, 0.1) is 5.92 Å². The van der Waals surface area contributed by atoms with Gasteiger partial charge in [0.25, 0.3) is 0 Å². The number of benzene rings is 1. The Bertz CT molecular complexity index is 345. The van der Waals surface area contributed by atoms with Crippen LogP contribution in [0.1, 0.15) is 65.1 Å². The second-order valence-corrected chi connectivity index (χ2v) is 6.29. The molecule has 1 N–H and O–H groups in total. The summed E-state index contributed by atoms with van der Waals surface area (Å²) in [6.07, 6.45) is 1.21. The van der Waals surface area contributed by atoms with E-state index in [9.17, 15) is 0 Å². The van der Waals surface area contributed by atoms with Crippen LogP contribution in [0.2, 0.25) is 0 Å². The maximum absolute atomic E-state index is 3.61. The quantitative estimate of drug-likeness (QED) is 0.796. The van der Waals surface area contributed by atoms with Gasteiger partial charge in [-0.05, 0) is 29.0 Å². The monoisotopic (exact) mass is 247 g/mol. The van der Waals surface area contributed by atoms with Gasteiger partial charge in [-0.25, -0.2) is 0 Å². The minimum Gasteiger partial charge on any atom is -0.310 e. The molecular formula is C17H29N. The Morgan fingerprint density at radius 1 is 1.06 bits per heavy atom. The van der Waals surface area contributed by atoms with E-state index in [0.717, 1.165) is 6.54 Å². The molecule has 0 bridgehead atoms. The van der Waals surface area contributed by atoms with Gasteiger partial charge < -0.3 is 5.32 Å². The van der Waals surface area contributed by atoms with Crippen LogP contribution in [-0.2, 0) is 5.41 Å². The highest BCUT2D eigenvalue weighted by Crippen LogP contribution is 2.27. The van der Waals surface area contributed by atoms with Gasteiger partial charge in [0.15, 0.2) is 0 Å². The SMILES string of the molecule is CCNC(c1ccc(C(C)(C)C)cc1)C(C)CC. The number of nitrogens with one attached hydrogen (secondary N) is 1. The number of hydrogen-bond acceptors (Lipinski definition) is 1. The molecule has 1 heteroatoms. The molecule has 0 spiro atoms. The van der Waals surface area contributed by atoms with Crippen molar-refractivity contribution in [3.8, 4) is 0 Å². The minimum atomic E-state index is 0.239. The summed E-state index contributed by atoms with van der Waals surface area (Å²) in [7, 11) is 0. The maximum Gasteiger partial charge on any atom is 0.0345 e. The van der Waals surface area contributed by atoms with Crippen molar-refractivity contribution >= 4 is 0 Å². The van der Waals surface area contributed by atoms with E-state index in [1.54, 1.807) is 0 Å². The Kier molecular flexibility index (Phi) is 5.40. The van der Waals surface area contributed by atoms with Crippen LogP contribution < -0.4 is 5.32 Å². The van der Waals surface area contributed by atoms with Gasteiger partial charge in [0, 0.05) is 6.04 Å². The van der Waals surface area contributed by atoms with Gasteiger partial charge in [0.1, 0.15) is 0 Å². The third-order valence-corrected chi connectivity index (χ3v) is 3.77. The molecule has 102 valence electrons. The Balaban J connectivity index is 2.93. The van der Waals surface area contributed by atoms with E-state index in [0.29, 0.717) is 12.0 Å². The highest BCUT2D eigenvalue weighted by Gasteiger charge is 2.18. The van der Waals surface area contributed by atoms with Crippen molar-refractivity contribution in [1.82, 2.24) is 5.32 Å². The Morgan fingerprint density at radius 2 is 1.61 bits per heavy atom. The molecule has 18 heavy (non-hydrogen) atoms. The maximum atomic E-state index is 3.61. The van der Waals surface area contributed by atoms with Crippen molar-refractivity contribution in [2.75, 3.05) is 6.54 Å². The second kappa shape index (κ2) is 6.38. The van der Waals surface area contributed by atoms with E-state index in [1.165, 1.54) is 17.5 Å². The van der Waals surface area contributed by atoms with Gasteiger partial charge in [-0.1, -0.05) is 72.2 Å². The molecule has 2 atom stereocenters. The van der Waals surface area contributed by atoms with Crippen LogP contribution in [-0.4, -0.2) is 6.54 Å². The van der Waals surface area contributed by atoms with Gasteiger partial charge in [-0.3, -0.25) is 0 Å². The van der Waals surface area contributed by atoms with Crippen molar-refractivity contribution < 1.29 is 0 Å². The molecule has 0 saturated heterocycles. The topological polar surface area (TPSA) is 12.0 Å². The van der Waals surface area contributed by atoms with Crippen molar-refractivity contribution in [3.63, 3.8) is 0 Å². The van der Waals surface area contributed by atoms with Gasteiger partial charge in [0.2, 0.25) is 0 Å². The lowest BCUT2D eigenvalue weighted by atomic mass is 9.85. The van der Waals surface area contributed by atoms with Crippen LogP contribution in [0.3, 0.4) is 0 Å². The lowest BCUT2D eigenvalue weighted by Gasteiger charge is -2.26.